The third kappa shape index (κ3) is 4.74. The number of hydrogen-bond acceptors (Lipinski definition) is 5. The smallest absolute Gasteiger partial charge is 0.328 e. The van der Waals surface area contributed by atoms with E-state index in [-0.39, 0.29) is 0 Å². The van der Waals surface area contributed by atoms with Crippen LogP contribution in [0.3, 0.4) is 0 Å². The quantitative estimate of drug-likeness (QED) is 0.461. The number of hydrogen-bond donors (Lipinski definition) is 2. The van der Waals surface area contributed by atoms with Crippen molar-refractivity contribution in [3.8, 4) is 22.6 Å². The van der Waals surface area contributed by atoms with Crippen LogP contribution < -0.4 is 14.8 Å². The molecular formula is C25H27NO5. The summed E-state index contributed by atoms with van der Waals surface area (Å²) in [6, 6.07) is 12.0. The van der Waals surface area contributed by atoms with Crippen molar-refractivity contribution < 1.29 is 23.8 Å². The Labute approximate surface area is 182 Å². The molecule has 0 unspecified atom stereocenters. The van der Waals surface area contributed by atoms with Crippen molar-refractivity contribution in [2.24, 2.45) is 0 Å². The number of anilines is 1. The monoisotopic (exact) mass is 421 g/mol. The topological polar surface area (TPSA) is 80.9 Å². The van der Waals surface area contributed by atoms with Crippen LogP contribution in [0.25, 0.3) is 17.2 Å². The third-order valence-corrected chi connectivity index (χ3v) is 5.17. The Morgan fingerprint density at radius 3 is 2.23 bits per heavy atom. The van der Waals surface area contributed by atoms with Crippen LogP contribution in [-0.4, -0.2) is 25.3 Å². The standard InChI is InChI=1S/C25H27NO5/c1-15-6-11-20(31-15)14-26-19-9-7-18(8-10-19)23-17(3)24(29-4)21(12-13-22(27)28)16(2)25(23)30-5/h6-13,26H,14H2,1-5H3,(H,27,28)/b13-12+. The number of furan rings is 1. The molecule has 0 aliphatic rings. The van der Waals surface area contributed by atoms with Crippen molar-refractivity contribution in [2.45, 2.75) is 27.3 Å². The van der Waals surface area contributed by atoms with Gasteiger partial charge in [0.05, 0.1) is 20.8 Å². The zero-order valence-corrected chi connectivity index (χ0v) is 18.4. The van der Waals surface area contributed by atoms with Gasteiger partial charge in [-0.25, -0.2) is 4.79 Å². The minimum absolute atomic E-state index is 0.604. The van der Waals surface area contributed by atoms with E-state index >= 15 is 0 Å². The number of aliphatic carboxylic acids is 1. The van der Waals surface area contributed by atoms with Crippen molar-refractivity contribution in [1.29, 1.82) is 0 Å². The number of aryl methyl sites for hydroxylation is 1. The van der Waals surface area contributed by atoms with Gasteiger partial charge >= 0.3 is 5.97 Å². The molecule has 2 aromatic carbocycles. The second-order valence-electron chi connectivity index (χ2n) is 7.22. The van der Waals surface area contributed by atoms with Gasteiger partial charge in [-0.2, -0.15) is 0 Å². The Kier molecular flexibility index (Phi) is 6.70. The second kappa shape index (κ2) is 9.43. The van der Waals surface area contributed by atoms with Crippen molar-refractivity contribution in [3.63, 3.8) is 0 Å². The molecule has 0 bridgehead atoms. The van der Waals surface area contributed by atoms with E-state index in [0.717, 1.165) is 45.5 Å². The van der Waals surface area contributed by atoms with Crippen LogP contribution in [-0.2, 0) is 11.3 Å². The molecule has 3 aromatic rings. The summed E-state index contributed by atoms with van der Waals surface area (Å²) in [6.45, 7) is 6.37. The lowest BCUT2D eigenvalue weighted by Gasteiger charge is -2.21. The molecule has 6 heteroatoms. The summed E-state index contributed by atoms with van der Waals surface area (Å²) < 4.78 is 17.0. The van der Waals surface area contributed by atoms with E-state index in [1.54, 1.807) is 20.3 Å². The molecule has 31 heavy (non-hydrogen) atoms. The first-order valence-electron chi connectivity index (χ1n) is 9.91. The SMILES string of the molecule is COc1c(C)c(-c2ccc(NCc3ccc(C)o3)cc2)c(OC)c(C)c1/C=C/C(=O)O. The Morgan fingerprint density at radius 2 is 1.68 bits per heavy atom. The molecule has 0 radical (unpaired) electrons. The van der Waals surface area contributed by atoms with E-state index in [2.05, 4.69) is 5.32 Å². The van der Waals surface area contributed by atoms with Gasteiger partial charge in [0.15, 0.2) is 0 Å². The fraction of sp³-hybridized carbons (Fsp3) is 0.240. The lowest BCUT2D eigenvalue weighted by atomic mass is 9.91. The highest BCUT2D eigenvalue weighted by Gasteiger charge is 2.21. The Bertz CT molecular complexity index is 1110. The summed E-state index contributed by atoms with van der Waals surface area (Å²) >= 11 is 0. The van der Waals surface area contributed by atoms with Gasteiger partial charge in [-0.3, -0.25) is 0 Å². The van der Waals surface area contributed by atoms with E-state index < -0.39 is 5.97 Å². The molecule has 162 valence electrons. The van der Waals surface area contributed by atoms with Crippen LogP contribution in [0.4, 0.5) is 5.69 Å². The molecule has 6 nitrogen and oxygen atoms in total. The minimum atomic E-state index is -1.02. The largest absolute Gasteiger partial charge is 0.496 e. The summed E-state index contributed by atoms with van der Waals surface area (Å²) in [6.07, 6.45) is 2.64. The van der Waals surface area contributed by atoms with Crippen LogP contribution in [0.2, 0.25) is 0 Å². The van der Waals surface area contributed by atoms with Crippen molar-refractivity contribution in [2.75, 3.05) is 19.5 Å². The summed E-state index contributed by atoms with van der Waals surface area (Å²) in [5, 5.41) is 12.4. The van der Waals surface area contributed by atoms with Gasteiger partial charge in [0.1, 0.15) is 23.0 Å². The average Bonchev–Trinajstić information content (AvgIpc) is 3.17. The number of ether oxygens (including phenoxy) is 2. The Balaban J connectivity index is 1.97. The molecule has 0 fully saturated rings. The van der Waals surface area contributed by atoms with Gasteiger partial charge in [-0.05, 0) is 56.7 Å². The van der Waals surface area contributed by atoms with E-state index in [1.165, 1.54) is 0 Å². The number of benzene rings is 2. The Morgan fingerprint density at radius 1 is 1.00 bits per heavy atom. The molecular weight excluding hydrogens is 394 g/mol. The van der Waals surface area contributed by atoms with E-state index in [4.69, 9.17) is 19.0 Å². The minimum Gasteiger partial charge on any atom is -0.496 e. The molecule has 2 N–H and O–H groups in total. The maximum absolute atomic E-state index is 11.0. The molecule has 1 heterocycles. The highest BCUT2D eigenvalue weighted by molar-refractivity contribution is 5.89. The fourth-order valence-corrected chi connectivity index (χ4v) is 3.71. The molecule has 0 aliphatic heterocycles. The molecule has 0 saturated carbocycles. The maximum Gasteiger partial charge on any atom is 0.328 e. The second-order valence-corrected chi connectivity index (χ2v) is 7.22. The van der Waals surface area contributed by atoms with Gasteiger partial charge in [-0.1, -0.05) is 12.1 Å². The lowest BCUT2D eigenvalue weighted by molar-refractivity contribution is -0.131. The molecule has 0 spiro atoms. The highest BCUT2D eigenvalue weighted by atomic mass is 16.5. The van der Waals surface area contributed by atoms with E-state index in [0.29, 0.717) is 23.6 Å². The zero-order valence-electron chi connectivity index (χ0n) is 18.4. The molecule has 0 aliphatic carbocycles. The molecule has 0 atom stereocenters. The van der Waals surface area contributed by atoms with Crippen LogP contribution >= 0.6 is 0 Å². The zero-order chi connectivity index (χ0) is 22.5. The maximum atomic E-state index is 11.0. The van der Waals surface area contributed by atoms with Gasteiger partial charge in [0, 0.05) is 34.0 Å². The van der Waals surface area contributed by atoms with E-state index in [9.17, 15) is 4.79 Å². The predicted molar refractivity (Wildman–Crippen MR) is 122 cm³/mol. The average molecular weight is 421 g/mol. The summed E-state index contributed by atoms with van der Waals surface area (Å²) in [4.78, 5) is 11.0. The van der Waals surface area contributed by atoms with Gasteiger partial charge < -0.3 is 24.3 Å². The van der Waals surface area contributed by atoms with Crippen LogP contribution in [0.5, 0.6) is 11.5 Å². The number of carboxylic acid groups (broad SMARTS) is 1. The summed E-state index contributed by atoms with van der Waals surface area (Å²) in [7, 11) is 3.20. The Hall–Kier alpha value is -3.67. The molecule has 1 aromatic heterocycles. The lowest BCUT2D eigenvalue weighted by Crippen LogP contribution is -2.02. The third-order valence-electron chi connectivity index (χ3n) is 5.17. The van der Waals surface area contributed by atoms with Gasteiger partial charge in [-0.15, -0.1) is 0 Å². The summed E-state index contributed by atoms with van der Waals surface area (Å²) in [5.41, 5.74) is 5.24. The van der Waals surface area contributed by atoms with Crippen molar-refractivity contribution in [1.82, 2.24) is 0 Å². The predicted octanol–water partition coefficient (Wildman–Crippen LogP) is 5.60. The molecule has 0 amide bonds. The van der Waals surface area contributed by atoms with Crippen LogP contribution in [0.15, 0.2) is 46.9 Å². The molecule has 0 saturated heterocycles. The van der Waals surface area contributed by atoms with Crippen LogP contribution in [0, 0.1) is 20.8 Å². The number of carboxylic acids is 1. The number of nitrogens with one attached hydrogen (secondary N) is 1. The van der Waals surface area contributed by atoms with Gasteiger partial charge in [0.25, 0.3) is 0 Å². The normalized spacial score (nSPS) is 11.0. The van der Waals surface area contributed by atoms with Crippen molar-refractivity contribution in [3.05, 3.63) is 70.7 Å². The van der Waals surface area contributed by atoms with Gasteiger partial charge in [0.2, 0.25) is 0 Å². The molecule has 3 rings (SSSR count). The summed E-state index contributed by atoms with van der Waals surface area (Å²) in [5.74, 6) is 2.07. The highest BCUT2D eigenvalue weighted by Crippen LogP contribution is 2.44. The van der Waals surface area contributed by atoms with Crippen LogP contribution in [0.1, 0.15) is 28.2 Å². The first-order chi connectivity index (χ1) is 14.8. The van der Waals surface area contributed by atoms with E-state index in [1.807, 2.05) is 57.2 Å². The number of rotatable bonds is 8. The fourth-order valence-electron chi connectivity index (χ4n) is 3.71. The first kappa shape index (κ1) is 22.0. The first-order valence-corrected chi connectivity index (χ1v) is 9.91. The van der Waals surface area contributed by atoms with Crippen molar-refractivity contribution >= 4 is 17.7 Å². The number of methoxy groups -OCH3 is 2. The number of carbonyl (C=O) groups is 1.